The fraction of sp³-hybridized carbons (Fsp3) is 0.909. The number of nitrogens with one attached hydrogen (secondary N) is 1. The van der Waals surface area contributed by atoms with Gasteiger partial charge in [-0.3, -0.25) is 4.79 Å². The Hall–Kier alpha value is -0.820. The van der Waals surface area contributed by atoms with Gasteiger partial charge in [-0.15, -0.1) is 0 Å². The molecule has 0 radical (unpaired) electrons. The van der Waals surface area contributed by atoms with Crippen molar-refractivity contribution in [1.82, 2.24) is 5.32 Å². The van der Waals surface area contributed by atoms with Gasteiger partial charge in [-0.1, -0.05) is 13.8 Å². The Balaban J connectivity index is 4.19. The highest BCUT2D eigenvalue weighted by molar-refractivity contribution is 5.71. The first-order chi connectivity index (χ1) is 8.10. The van der Waals surface area contributed by atoms with E-state index < -0.39 is 24.6 Å². The molecule has 0 bridgehead atoms. The third-order valence-corrected chi connectivity index (χ3v) is 2.63. The predicted molar refractivity (Wildman–Crippen MR) is 60.3 cm³/mol. The summed E-state index contributed by atoms with van der Waals surface area (Å²) in [6.45, 7) is 3.95. The molecule has 0 amide bonds. The first-order valence-electron chi connectivity index (χ1n) is 5.59. The maximum atomic E-state index is 12.4. The van der Waals surface area contributed by atoms with Crippen molar-refractivity contribution in [1.29, 1.82) is 0 Å². The van der Waals surface area contributed by atoms with Gasteiger partial charge in [-0.2, -0.15) is 13.2 Å². The Kier molecular flexibility index (Phi) is 6.62. The van der Waals surface area contributed by atoms with Crippen molar-refractivity contribution < 1.29 is 27.8 Å². The average molecular weight is 271 g/mol. The van der Waals surface area contributed by atoms with Gasteiger partial charge in [0.2, 0.25) is 0 Å². The van der Waals surface area contributed by atoms with Crippen molar-refractivity contribution in [3.05, 3.63) is 0 Å². The van der Waals surface area contributed by atoms with Gasteiger partial charge >= 0.3 is 12.1 Å². The largest absolute Gasteiger partial charge is 0.481 e. The molecule has 1 unspecified atom stereocenters. The second-order valence-electron chi connectivity index (χ2n) is 4.97. The third kappa shape index (κ3) is 6.80. The zero-order valence-electron chi connectivity index (χ0n) is 10.8. The summed E-state index contributed by atoms with van der Waals surface area (Å²) >= 11 is 0. The van der Waals surface area contributed by atoms with E-state index in [9.17, 15) is 18.0 Å². The van der Waals surface area contributed by atoms with Crippen molar-refractivity contribution in [3.8, 4) is 0 Å². The van der Waals surface area contributed by atoms with Crippen LogP contribution >= 0.6 is 0 Å². The lowest BCUT2D eigenvalue weighted by Crippen LogP contribution is -2.42. The van der Waals surface area contributed by atoms with Gasteiger partial charge in [-0.05, 0) is 11.8 Å². The normalized spacial score (nSPS) is 14.6. The highest BCUT2D eigenvalue weighted by atomic mass is 19.4. The molecule has 0 aliphatic carbocycles. The Labute approximate surface area is 105 Å². The first-order valence-corrected chi connectivity index (χ1v) is 5.59. The number of methoxy groups -OCH3 is 1. The van der Waals surface area contributed by atoms with E-state index in [0.29, 0.717) is 19.6 Å². The Morgan fingerprint density at radius 3 is 2.33 bits per heavy atom. The molecule has 108 valence electrons. The Morgan fingerprint density at radius 2 is 1.94 bits per heavy atom. The maximum absolute atomic E-state index is 12.4. The molecule has 0 rings (SSSR count). The highest BCUT2D eigenvalue weighted by Crippen LogP contribution is 2.26. The SMILES string of the molecule is COCCC(C)(C)CNCC(C(=O)O)C(F)(F)F. The van der Waals surface area contributed by atoms with E-state index in [4.69, 9.17) is 9.84 Å². The van der Waals surface area contributed by atoms with Gasteiger partial charge < -0.3 is 15.2 Å². The average Bonchev–Trinajstić information content (AvgIpc) is 2.19. The minimum absolute atomic E-state index is 0.245. The molecule has 0 aliphatic rings. The minimum Gasteiger partial charge on any atom is -0.481 e. The molecule has 0 aliphatic heterocycles. The van der Waals surface area contributed by atoms with Crippen LogP contribution in [0.5, 0.6) is 0 Å². The van der Waals surface area contributed by atoms with Gasteiger partial charge in [0.15, 0.2) is 5.92 Å². The van der Waals surface area contributed by atoms with Crippen LogP contribution in [0.4, 0.5) is 13.2 Å². The molecule has 0 aromatic rings. The molecule has 0 aromatic carbocycles. The molecule has 0 fully saturated rings. The number of carbonyl (C=O) groups is 1. The van der Waals surface area contributed by atoms with Crippen LogP contribution in [-0.4, -0.2) is 44.1 Å². The molecule has 0 heterocycles. The van der Waals surface area contributed by atoms with Crippen molar-refractivity contribution in [3.63, 3.8) is 0 Å². The number of rotatable bonds is 8. The molecular formula is C11H20F3NO3. The van der Waals surface area contributed by atoms with Crippen LogP contribution in [0.15, 0.2) is 0 Å². The van der Waals surface area contributed by atoms with Gasteiger partial charge in [0, 0.05) is 26.8 Å². The second kappa shape index (κ2) is 6.94. The zero-order valence-corrected chi connectivity index (χ0v) is 10.8. The quantitative estimate of drug-likeness (QED) is 0.708. The molecule has 2 N–H and O–H groups in total. The summed E-state index contributed by atoms with van der Waals surface area (Å²) in [7, 11) is 1.55. The third-order valence-electron chi connectivity index (χ3n) is 2.63. The summed E-state index contributed by atoms with van der Waals surface area (Å²) in [5, 5.41) is 11.1. The van der Waals surface area contributed by atoms with Crippen LogP contribution in [-0.2, 0) is 9.53 Å². The van der Waals surface area contributed by atoms with Crippen molar-refractivity contribution in [2.75, 3.05) is 26.8 Å². The molecule has 4 nitrogen and oxygen atoms in total. The first kappa shape index (κ1) is 17.2. The summed E-state index contributed by atoms with van der Waals surface area (Å²) in [5.74, 6) is -4.22. The number of ether oxygens (including phenoxy) is 1. The smallest absolute Gasteiger partial charge is 0.403 e. The minimum atomic E-state index is -4.73. The summed E-state index contributed by atoms with van der Waals surface area (Å²) < 4.78 is 42.0. The predicted octanol–water partition coefficient (Wildman–Crippen LogP) is 1.90. The number of hydrogen-bond acceptors (Lipinski definition) is 3. The van der Waals surface area contributed by atoms with E-state index in [-0.39, 0.29) is 5.41 Å². The van der Waals surface area contributed by atoms with Gasteiger partial charge in [-0.25, -0.2) is 0 Å². The monoisotopic (exact) mass is 271 g/mol. The zero-order chi connectivity index (χ0) is 14.4. The van der Waals surface area contributed by atoms with Crippen LogP contribution in [0.25, 0.3) is 0 Å². The number of halogens is 3. The standard InChI is InChI=1S/C11H20F3NO3/c1-10(2,4-5-18-3)7-15-6-8(9(16)17)11(12,13)14/h8,15H,4-7H2,1-3H3,(H,16,17). The van der Waals surface area contributed by atoms with Crippen molar-refractivity contribution >= 4 is 5.97 Å². The van der Waals surface area contributed by atoms with Crippen LogP contribution < -0.4 is 5.32 Å². The maximum Gasteiger partial charge on any atom is 0.403 e. The fourth-order valence-electron chi connectivity index (χ4n) is 1.36. The fourth-order valence-corrected chi connectivity index (χ4v) is 1.36. The van der Waals surface area contributed by atoms with Gasteiger partial charge in [0.1, 0.15) is 0 Å². The van der Waals surface area contributed by atoms with Crippen LogP contribution in [0.3, 0.4) is 0 Å². The summed E-state index contributed by atoms with van der Waals surface area (Å²) in [6.07, 6.45) is -4.05. The molecule has 18 heavy (non-hydrogen) atoms. The van der Waals surface area contributed by atoms with E-state index in [1.54, 1.807) is 7.11 Å². The van der Waals surface area contributed by atoms with E-state index in [0.717, 1.165) is 0 Å². The van der Waals surface area contributed by atoms with Crippen LogP contribution in [0.1, 0.15) is 20.3 Å². The summed E-state index contributed by atoms with van der Waals surface area (Å²) in [6, 6.07) is 0. The topological polar surface area (TPSA) is 58.6 Å². The molecule has 0 aromatic heterocycles. The molecule has 0 saturated heterocycles. The molecule has 0 spiro atoms. The van der Waals surface area contributed by atoms with Crippen LogP contribution in [0.2, 0.25) is 0 Å². The molecular weight excluding hydrogens is 251 g/mol. The molecule has 7 heteroatoms. The number of alkyl halides is 3. The highest BCUT2D eigenvalue weighted by Gasteiger charge is 2.44. The molecule has 1 atom stereocenters. The van der Waals surface area contributed by atoms with E-state index in [2.05, 4.69) is 5.32 Å². The lowest BCUT2D eigenvalue weighted by atomic mass is 9.89. The second-order valence-corrected chi connectivity index (χ2v) is 4.97. The lowest BCUT2D eigenvalue weighted by molar-refractivity contribution is -0.192. The number of carboxylic acid groups (broad SMARTS) is 1. The number of aliphatic carboxylic acids is 1. The summed E-state index contributed by atoms with van der Waals surface area (Å²) in [5.41, 5.74) is -0.245. The molecule has 0 saturated carbocycles. The van der Waals surface area contributed by atoms with E-state index in [1.807, 2.05) is 13.8 Å². The van der Waals surface area contributed by atoms with Gasteiger partial charge in [0.25, 0.3) is 0 Å². The van der Waals surface area contributed by atoms with E-state index >= 15 is 0 Å². The van der Waals surface area contributed by atoms with E-state index in [1.165, 1.54) is 0 Å². The van der Waals surface area contributed by atoms with Crippen molar-refractivity contribution in [2.45, 2.75) is 26.4 Å². The Bertz CT molecular complexity index is 267. The van der Waals surface area contributed by atoms with Crippen LogP contribution in [0, 0.1) is 11.3 Å². The van der Waals surface area contributed by atoms with Gasteiger partial charge in [0.05, 0.1) is 0 Å². The lowest BCUT2D eigenvalue weighted by Gasteiger charge is -2.26. The summed E-state index contributed by atoms with van der Waals surface area (Å²) in [4.78, 5) is 10.5. The number of carboxylic acids is 1. The number of hydrogen-bond donors (Lipinski definition) is 2. The Morgan fingerprint density at radius 1 is 1.39 bits per heavy atom. The van der Waals surface area contributed by atoms with Crippen molar-refractivity contribution in [2.24, 2.45) is 11.3 Å².